The van der Waals surface area contributed by atoms with E-state index < -0.39 is 11.7 Å². The van der Waals surface area contributed by atoms with Crippen LogP contribution in [0.1, 0.15) is 21.7 Å². The fourth-order valence-electron chi connectivity index (χ4n) is 2.78. The van der Waals surface area contributed by atoms with E-state index in [1.54, 1.807) is 30.6 Å². The van der Waals surface area contributed by atoms with Crippen molar-refractivity contribution in [1.29, 1.82) is 0 Å². The van der Waals surface area contributed by atoms with Gasteiger partial charge in [0, 0.05) is 25.5 Å². The molecule has 0 aliphatic carbocycles. The number of aromatic nitrogens is 2. The Morgan fingerprint density at radius 1 is 1.07 bits per heavy atom. The molecule has 2 N–H and O–H groups in total. The molecule has 0 bridgehead atoms. The SMILES string of the molecule is Cc1ccc(-c2ccc(F)c(C(=O)N(CCN)Cc3ncccn3)c2)cc1. The van der Waals surface area contributed by atoms with Gasteiger partial charge in [-0.05, 0) is 36.2 Å². The molecule has 27 heavy (non-hydrogen) atoms. The maximum atomic E-state index is 14.4. The highest BCUT2D eigenvalue weighted by Crippen LogP contribution is 2.23. The number of rotatable bonds is 6. The van der Waals surface area contributed by atoms with Gasteiger partial charge in [0.1, 0.15) is 11.6 Å². The maximum Gasteiger partial charge on any atom is 0.257 e. The Kier molecular flexibility index (Phi) is 5.88. The molecule has 0 unspecified atom stereocenters. The van der Waals surface area contributed by atoms with Crippen LogP contribution in [0, 0.1) is 12.7 Å². The second-order valence-electron chi connectivity index (χ2n) is 6.24. The van der Waals surface area contributed by atoms with Crippen molar-refractivity contribution in [3.05, 3.63) is 83.7 Å². The number of benzene rings is 2. The predicted octanol–water partition coefficient (Wildman–Crippen LogP) is 3.19. The van der Waals surface area contributed by atoms with Gasteiger partial charge in [0.25, 0.3) is 5.91 Å². The van der Waals surface area contributed by atoms with Crippen molar-refractivity contribution in [3.8, 4) is 11.1 Å². The van der Waals surface area contributed by atoms with E-state index in [-0.39, 0.29) is 25.2 Å². The number of carbonyl (C=O) groups excluding carboxylic acids is 1. The van der Waals surface area contributed by atoms with E-state index in [1.807, 2.05) is 31.2 Å². The van der Waals surface area contributed by atoms with Crippen LogP contribution in [-0.2, 0) is 6.54 Å². The van der Waals surface area contributed by atoms with Crippen LogP contribution in [0.15, 0.2) is 60.9 Å². The highest BCUT2D eigenvalue weighted by molar-refractivity contribution is 5.95. The lowest BCUT2D eigenvalue weighted by Crippen LogP contribution is -2.36. The molecule has 3 rings (SSSR count). The number of halogens is 1. The van der Waals surface area contributed by atoms with Crippen LogP contribution in [-0.4, -0.2) is 33.9 Å². The largest absolute Gasteiger partial charge is 0.330 e. The van der Waals surface area contributed by atoms with Gasteiger partial charge in [0.2, 0.25) is 0 Å². The zero-order valence-corrected chi connectivity index (χ0v) is 15.1. The summed E-state index contributed by atoms with van der Waals surface area (Å²) in [6.45, 7) is 2.72. The van der Waals surface area contributed by atoms with Gasteiger partial charge in [-0.1, -0.05) is 35.9 Å². The molecule has 0 aliphatic rings. The summed E-state index contributed by atoms with van der Waals surface area (Å²) >= 11 is 0. The first-order valence-corrected chi connectivity index (χ1v) is 8.70. The third-order valence-corrected chi connectivity index (χ3v) is 4.22. The smallest absolute Gasteiger partial charge is 0.257 e. The fraction of sp³-hybridized carbons (Fsp3) is 0.190. The quantitative estimate of drug-likeness (QED) is 0.729. The monoisotopic (exact) mass is 364 g/mol. The van der Waals surface area contributed by atoms with Gasteiger partial charge < -0.3 is 10.6 Å². The average Bonchev–Trinajstić information content (AvgIpc) is 2.69. The van der Waals surface area contributed by atoms with E-state index in [2.05, 4.69) is 9.97 Å². The molecule has 0 radical (unpaired) electrons. The molecule has 3 aromatic rings. The van der Waals surface area contributed by atoms with Gasteiger partial charge in [-0.2, -0.15) is 0 Å². The van der Waals surface area contributed by atoms with E-state index in [0.717, 1.165) is 16.7 Å². The molecule has 2 aromatic carbocycles. The Labute approximate surface area is 157 Å². The second-order valence-corrected chi connectivity index (χ2v) is 6.24. The number of hydrogen-bond acceptors (Lipinski definition) is 4. The predicted molar refractivity (Wildman–Crippen MR) is 102 cm³/mol. The molecule has 1 heterocycles. The third-order valence-electron chi connectivity index (χ3n) is 4.22. The summed E-state index contributed by atoms with van der Waals surface area (Å²) in [7, 11) is 0. The minimum absolute atomic E-state index is 0.0115. The van der Waals surface area contributed by atoms with Gasteiger partial charge in [-0.3, -0.25) is 4.79 Å². The van der Waals surface area contributed by atoms with Gasteiger partial charge in [0.15, 0.2) is 0 Å². The van der Waals surface area contributed by atoms with Crippen molar-refractivity contribution < 1.29 is 9.18 Å². The molecule has 0 spiro atoms. The van der Waals surface area contributed by atoms with Crippen molar-refractivity contribution in [2.45, 2.75) is 13.5 Å². The van der Waals surface area contributed by atoms with E-state index >= 15 is 0 Å². The summed E-state index contributed by atoms with van der Waals surface area (Å²) in [5.41, 5.74) is 8.49. The molecule has 1 aromatic heterocycles. The molecule has 138 valence electrons. The van der Waals surface area contributed by atoms with Crippen molar-refractivity contribution in [2.24, 2.45) is 5.73 Å². The standard InChI is InChI=1S/C21H21FN4O/c1-15-3-5-16(6-4-15)17-7-8-19(22)18(13-17)21(27)26(12-9-23)14-20-24-10-2-11-25-20/h2-8,10-11,13H,9,12,14,23H2,1H3. The van der Waals surface area contributed by atoms with Crippen LogP contribution >= 0.6 is 0 Å². The van der Waals surface area contributed by atoms with Crippen LogP contribution < -0.4 is 5.73 Å². The lowest BCUT2D eigenvalue weighted by molar-refractivity contribution is 0.0739. The van der Waals surface area contributed by atoms with Gasteiger partial charge >= 0.3 is 0 Å². The molecule has 6 heteroatoms. The van der Waals surface area contributed by atoms with Crippen LogP contribution in [0.3, 0.4) is 0 Å². The summed E-state index contributed by atoms with van der Waals surface area (Å²) in [6.07, 6.45) is 3.21. The number of hydrogen-bond donors (Lipinski definition) is 1. The summed E-state index contributed by atoms with van der Waals surface area (Å²) < 4.78 is 14.4. The van der Waals surface area contributed by atoms with Gasteiger partial charge in [-0.25, -0.2) is 14.4 Å². The first kappa shape index (κ1) is 18.7. The Morgan fingerprint density at radius 2 is 1.74 bits per heavy atom. The summed E-state index contributed by atoms with van der Waals surface area (Å²) in [4.78, 5) is 22.7. The maximum absolute atomic E-state index is 14.4. The topological polar surface area (TPSA) is 72.1 Å². The highest BCUT2D eigenvalue weighted by Gasteiger charge is 2.20. The lowest BCUT2D eigenvalue weighted by atomic mass is 10.0. The van der Waals surface area contributed by atoms with E-state index in [1.165, 1.54) is 11.0 Å². The first-order chi connectivity index (χ1) is 13.1. The van der Waals surface area contributed by atoms with Crippen LogP contribution in [0.2, 0.25) is 0 Å². The normalized spacial score (nSPS) is 10.6. The number of nitrogens with two attached hydrogens (primary N) is 1. The lowest BCUT2D eigenvalue weighted by Gasteiger charge is -2.22. The van der Waals surface area contributed by atoms with Crippen LogP contribution in [0.25, 0.3) is 11.1 Å². The molecular formula is C21H21FN4O. The van der Waals surface area contributed by atoms with Crippen molar-refractivity contribution >= 4 is 5.91 Å². The molecule has 0 saturated heterocycles. The Balaban J connectivity index is 1.91. The molecular weight excluding hydrogens is 343 g/mol. The third kappa shape index (κ3) is 4.54. The Hall–Kier alpha value is -3.12. The Morgan fingerprint density at radius 3 is 2.41 bits per heavy atom. The summed E-state index contributed by atoms with van der Waals surface area (Å²) in [6, 6.07) is 14.1. The molecule has 5 nitrogen and oxygen atoms in total. The van der Waals surface area contributed by atoms with Crippen molar-refractivity contribution in [3.63, 3.8) is 0 Å². The molecule has 0 saturated carbocycles. The minimum Gasteiger partial charge on any atom is -0.330 e. The van der Waals surface area contributed by atoms with Crippen LogP contribution in [0.4, 0.5) is 4.39 Å². The van der Waals surface area contributed by atoms with Gasteiger partial charge in [-0.15, -0.1) is 0 Å². The fourth-order valence-corrected chi connectivity index (χ4v) is 2.78. The molecule has 0 fully saturated rings. The Bertz CT molecular complexity index is 913. The van der Waals surface area contributed by atoms with E-state index in [9.17, 15) is 9.18 Å². The summed E-state index contributed by atoms with van der Waals surface area (Å²) in [5, 5.41) is 0. The van der Waals surface area contributed by atoms with E-state index in [0.29, 0.717) is 5.82 Å². The second kappa shape index (κ2) is 8.51. The van der Waals surface area contributed by atoms with E-state index in [4.69, 9.17) is 5.73 Å². The first-order valence-electron chi connectivity index (χ1n) is 8.70. The average molecular weight is 364 g/mol. The number of amides is 1. The zero-order valence-electron chi connectivity index (χ0n) is 15.1. The highest BCUT2D eigenvalue weighted by atomic mass is 19.1. The zero-order chi connectivity index (χ0) is 19.2. The van der Waals surface area contributed by atoms with Crippen molar-refractivity contribution in [2.75, 3.05) is 13.1 Å². The van der Waals surface area contributed by atoms with Crippen LogP contribution in [0.5, 0.6) is 0 Å². The molecule has 1 amide bonds. The summed E-state index contributed by atoms with van der Waals surface area (Å²) in [5.74, 6) is -0.513. The number of carbonyl (C=O) groups is 1. The minimum atomic E-state index is -0.563. The van der Waals surface area contributed by atoms with Gasteiger partial charge in [0.05, 0.1) is 12.1 Å². The van der Waals surface area contributed by atoms with Crippen molar-refractivity contribution in [1.82, 2.24) is 14.9 Å². The molecule has 0 atom stereocenters. The number of aryl methyl sites for hydroxylation is 1. The molecule has 0 aliphatic heterocycles. The number of nitrogens with zero attached hydrogens (tertiary/aromatic N) is 3.